The van der Waals surface area contributed by atoms with Crippen molar-refractivity contribution in [3.63, 3.8) is 0 Å². The van der Waals surface area contributed by atoms with Crippen LogP contribution in [0.3, 0.4) is 0 Å². The molecule has 0 spiro atoms. The third-order valence-corrected chi connectivity index (χ3v) is 4.46. The van der Waals surface area contributed by atoms with E-state index in [1.807, 2.05) is 12.1 Å². The molecule has 6 heteroatoms. The van der Waals surface area contributed by atoms with Crippen molar-refractivity contribution < 1.29 is 13.5 Å². The highest BCUT2D eigenvalue weighted by molar-refractivity contribution is 7.89. The summed E-state index contributed by atoms with van der Waals surface area (Å²) in [6.07, 6.45) is 0. The van der Waals surface area contributed by atoms with Gasteiger partial charge in [-0.1, -0.05) is 30.3 Å². The Bertz CT molecular complexity index is 735. The quantitative estimate of drug-likeness (QED) is 0.877. The number of hydrogen-bond donors (Lipinski definition) is 2. The van der Waals surface area contributed by atoms with Crippen molar-refractivity contribution in [2.75, 3.05) is 6.61 Å². The van der Waals surface area contributed by atoms with E-state index in [4.69, 9.17) is 5.26 Å². The van der Waals surface area contributed by atoms with Gasteiger partial charge in [0.2, 0.25) is 10.0 Å². The van der Waals surface area contributed by atoms with E-state index >= 15 is 0 Å². The highest BCUT2D eigenvalue weighted by atomic mass is 32.2. The number of nitrogens with one attached hydrogen (secondary N) is 1. The van der Waals surface area contributed by atoms with Crippen LogP contribution in [0.2, 0.25) is 0 Å². The predicted molar refractivity (Wildman–Crippen MR) is 77.7 cm³/mol. The van der Waals surface area contributed by atoms with Crippen molar-refractivity contribution in [3.05, 3.63) is 65.7 Å². The van der Waals surface area contributed by atoms with Crippen molar-refractivity contribution in [3.8, 4) is 6.07 Å². The summed E-state index contributed by atoms with van der Waals surface area (Å²) in [5.74, 6) is 0. The van der Waals surface area contributed by atoms with E-state index in [2.05, 4.69) is 4.72 Å². The number of hydrogen-bond acceptors (Lipinski definition) is 4. The number of nitrogens with zero attached hydrogens (tertiary/aromatic N) is 1. The Kier molecular flexibility index (Phi) is 4.70. The first kappa shape index (κ1) is 15.2. The van der Waals surface area contributed by atoms with Crippen LogP contribution in [-0.2, 0) is 10.0 Å². The smallest absolute Gasteiger partial charge is 0.241 e. The minimum Gasteiger partial charge on any atom is -0.394 e. The maximum atomic E-state index is 12.3. The van der Waals surface area contributed by atoms with Gasteiger partial charge in [-0.25, -0.2) is 13.1 Å². The van der Waals surface area contributed by atoms with E-state index in [0.29, 0.717) is 11.1 Å². The summed E-state index contributed by atoms with van der Waals surface area (Å²) in [5.41, 5.74) is 1.06. The van der Waals surface area contributed by atoms with Gasteiger partial charge in [0.05, 0.1) is 29.2 Å². The number of sulfonamides is 1. The minimum absolute atomic E-state index is 0.0517. The molecule has 2 rings (SSSR count). The third kappa shape index (κ3) is 3.67. The number of aliphatic hydroxyl groups excluding tert-OH is 1. The molecule has 108 valence electrons. The minimum atomic E-state index is -3.76. The highest BCUT2D eigenvalue weighted by Crippen LogP contribution is 2.17. The molecule has 0 radical (unpaired) electrons. The van der Waals surface area contributed by atoms with Crippen LogP contribution in [0.15, 0.2) is 59.5 Å². The molecule has 2 aromatic carbocycles. The summed E-state index contributed by atoms with van der Waals surface area (Å²) >= 11 is 0. The van der Waals surface area contributed by atoms with E-state index in [1.54, 1.807) is 24.3 Å². The second-order valence-electron chi connectivity index (χ2n) is 4.40. The maximum absolute atomic E-state index is 12.3. The molecule has 0 unspecified atom stereocenters. The van der Waals surface area contributed by atoms with Crippen molar-refractivity contribution in [2.24, 2.45) is 0 Å². The number of benzene rings is 2. The van der Waals surface area contributed by atoms with Crippen LogP contribution in [0.1, 0.15) is 17.2 Å². The fourth-order valence-electron chi connectivity index (χ4n) is 1.86. The van der Waals surface area contributed by atoms with Crippen molar-refractivity contribution in [1.29, 1.82) is 5.26 Å². The lowest BCUT2D eigenvalue weighted by Crippen LogP contribution is -2.30. The van der Waals surface area contributed by atoms with Gasteiger partial charge in [-0.05, 0) is 29.8 Å². The number of rotatable bonds is 5. The Labute approximate surface area is 123 Å². The lowest BCUT2D eigenvalue weighted by molar-refractivity contribution is 0.259. The van der Waals surface area contributed by atoms with Gasteiger partial charge in [-0.15, -0.1) is 0 Å². The molecule has 0 saturated carbocycles. The SMILES string of the molecule is N#Cc1ccc(S(=O)(=O)N[C@@H](CO)c2ccccc2)cc1. The highest BCUT2D eigenvalue weighted by Gasteiger charge is 2.20. The third-order valence-electron chi connectivity index (χ3n) is 2.98. The first-order valence-electron chi connectivity index (χ1n) is 6.25. The molecule has 1 atom stereocenters. The van der Waals surface area contributed by atoms with Crippen LogP contribution in [0.25, 0.3) is 0 Å². The maximum Gasteiger partial charge on any atom is 0.241 e. The Morgan fingerprint density at radius 3 is 2.24 bits per heavy atom. The van der Waals surface area contributed by atoms with Crippen LogP contribution in [0.5, 0.6) is 0 Å². The molecular formula is C15H14N2O3S. The summed E-state index contributed by atoms with van der Waals surface area (Å²) in [7, 11) is -3.76. The van der Waals surface area contributed by atoms with Crippen molar-refractivity contribution in [1.82, 2.24) is 4.72 Å². The molecule has 0 amide bonds. The number of nitriles is 1. The van der Waals surface area contributed by atoms with Crippen molar-refractivity contribution >= 4 is 10.0 Å². The topological polar surface area (TPSA) is 90.2 Å². The monoisotopic (exact) mass is 302 g/mol. The molecule has 2 N–H and O–H groups in total. The summed E-state index contributed by atoms with van der Waals surface area (Å²) < 4.78 is 27.0. The fourth-order valence-corrected chi connectivity index (χ4v) is 3.08. The van der Waals surface area contributed by atoms with Crippen LogP contribution < -0.4 is 4.72 Å². The zero-order valence-electron chi connectivity index (χ0n) is 11.1. The van der Waals surface area contributed by atoms with Gasteiger partial charge in [0.1, 0.15) is 0 Å². The molecule has 0 aliphatic heterocycles. The Balaban J connectivity index is 2.25. The van der Waals surface area contributed by atoms with E-state index in [9.17, 15) is 13.5 Å². The predicted octanol–water partition coefficient (Wildman–Crippen LogP) is 1.57. The summed E-state index contributed by atoms with van der Waals surface area (Å²) in [6, 6.07) is 15.6. The van der Waals surface area contributed by atoms with Gasteiger partial charge in [-0.2, -0.15) is 5.26 Å². The molecule has 21 heavy (non-hydrogen) atoms. The van der Waals surface area contributed by atoms with Gasteiger partial charge in [0.25, 0.3) is 0 Å². The molecule has 0 saturated heterocycles. The molecule has 0 heterocycles. The average Bonchev–Trinajstić information content (AvgIpc) is 2.53. The Morgan fingerprint density at radius 2 is 1.71 bits per heavy atom. The van der Waals surface area contributed by atoms with E-state index in [0.717, 1.165) is 0 Å². The summed E-state index contributed by atoms with van der Waals surface area (Å²) in [4.78, 5) is 0.0517. The van der Waals surface area contributed by atoms with Crippen LogP contribution in [0, 0.1) is 11.3 Å². The van der Waals surface area contributed by atoms with Gasteiger partial charge >= 0.3 is 0 Å². The number of aliphatic hydroxyl groups is 1. The second-order valence-corrected chi connectivity index (χ2v) is 6.12. The molecule has 2 aromatic rings. The second kappa shape index (κ2) is 6.50. The van der Waals surface area contributed by atoms with E-state index in [1.165, 1.54) is 24.3 Å². The van der Waals surface area contributed by atoms with Crippen LogP contribution in [-0.4, -0.2) is 20.1 Å². The van der Waals surface area contributed by atoms with E-state index in [-0.39, 0.29) is 11.5 Å². The largest absolute Gasteiger partial charge is 0.394 e. The molecule has 5 nitrogen and oxygen atoms in total. The lowest BCUT2D eigenvalue weighted by atomic mass is 10.1. The Hall–Kier alpha value is -2.20. The molecule has 0 aliphatic rings. The first-order chi connectivity index (χ1) is 10.1. The zero-order valence-corrected chi connectivity index (χ0v) is 11.9. The average molecular weight is 302 g/mol. The van der Waals surface area contributed by atoms with E-state index < -0.39 is 16.1 Å². The van der Waals surface area contributed by atoms with Crippen LogP contribution >= 0.6 is 0 Å². The fraction of sp³-hybridized carbons (Fsp3) is 0.133. The summed E-state index contributed by atoms with van der Waals surface area (Å²) in [6.45, 7) is -0.348. The lowest BCUT2D eigenvalue weighted by Gasteiger charge is -2.16. The summed E-state index contributed by atoms with van der Waals surface area (Å²) in [5, 5.41) is 18.1. The van der Waals surface area contributed by atoms with Gasteiger partial charge in [0, 0.05) is 0 Å². The molecular weight excluding hydrogens is 288 g/mol. The Morgan fingerprint density at radius 1 is 1.10 bits per heavy atom. The zero-order chi connectivity index (χ0) is 15.3. The van der Waals surface area contributed by atoms with Crippen LogP contribution in [0.4, 0.5) is 0 Å². The first-order valence-corrected chi connectivity index (χ1v) is 7.73. The molecule has 0 fully saturated rings. The normalized spacial score (nSPS) is 12.6. The molecule has 0 aromatic heterocycles. The van der Waals surface area contributed by atoms with Gasteiger partial charge in [0.15, 0.2) is 0 Å². The van der Waals surface area contributed by atoms with Gasteiger partial charge in [-0.3, -0.25) is 0 Å². The standard InChI is InChI=1S/C15H14N2O3S/c16-10-12-6-8-14(9-7-12)21(19,20)17-15(11-18)13-4-2-1-3-5-13/h1-9,15,17-18H,11H2/t15-/m0/s1. The van der Waals surface area contributed by atoms with Crippen molar-refractivity contribution in [2.45, 2.75) is 10.9 Å². The molecule has 0 aliphatic carbocycles. The van der Waals surface area contributed by atoms with Gasteiger partial charge < -0.3 is 5.11 Å². The molecule has 0 bridgehead atoms.